The molecule has 3 aromatic rings. The quantitative estimate of drug-likeness (QED) is 0.305. The molecule has 2 N–H and O–H groups in total. The average molecular weight is 566 g/mol. The number of ether oxygens (including phenoxy) is 1. The largest absolute Gasteiger partial charge is 0.494 e. The highest BCUT2D eigenvalue weighted by molar-refractivity contribution is 5.98. The Hall–Kier alpha value is -4.25. The molecule has 2 aromatic carbocycles. The summed E-state index contributed by atoms with van der Waals surface area (Å²) in [6.45, 7) is 4.56. The summed E-state index contributed by atoms with van der Waals surface area (Å²) in [7, 11) is 0. The van der Waals surface area contributed by atoms with Gasteiger partial charge in [-0.1, -0.05) is 5.16 Å². The SMILES string of the molecule is O=C(O)/C=C/C(=O)O.O=C1CCc2cc(OCCCN3CCC(c4noc5cc(F)ccc45)CC3)cc3c2N1CC3. The van der Waals surface area contributed by atoms with Gasteiger partial charge in [-0.3, -0.25) is 4.79 Å². The third kappa shape index (κ3) is 6.74. The highest BCUT2D eigenvalue weighted by atomic mass is 19.1. The number of piperidine rings is 1. The summed E-state index contributed by atoms with van der Waals surface area (Å²) < 4.78 is 24.9. The van der Waals surface area contributed by atoms with Crippen molar-refractivity contribution in [3.8, 4) is 5.75 Å². The summed E-state index contributed by atoms with van der Waals surface area (Å²) in [5, 5.41) is 20.8. The van der Waals surface area contributed by atoms with Crippen molar-refractivity contribution in [1.82, 2.24) is 10.1 Å². The Morgan fingerprint density at radius 1 is 1.02 bits per heavy atom. The van der Waals surface area contributed by atoms with Crippen LogP contribution in [0.5, 0.6) is 5.75 Å². The molecule has 216 valence electrons. The van der Waals surface area contributed by atoms with Crippen LogP contribution in [0.1, 0.15) is 48.4 Å². The van der Waals surface area contributed by atoms with Gasteiger partial charge in [-0.25, -0.2) is 14.0 Å². The molecule has 0 bridgehead atoms. The summed E-state index contributed by atoms with van der Waals surface area (Å²) >= 11 is 0. The molecule has 0 saturated carbocycles. The van der Waals surface area contributed by atoms with E-state index in [1.54, 1.807) is 6.07 Å². The molecule has 0 spiro atoms. The maximum Gasteiger partial charge on any atom is 0.328 e. The number of nitrogens with zero attached hydrogens (tertiary/aromatic N) is 3. The number of aromatic nitrogens is 1. The Kier molecular flexibility index (Phi) is 8.63. The fourth-order valence-electron chi connectivity index (χ4n) is 5.79. The summed E-state index contributed by atoms with van der Waals surface area (Å²) in [4.78, 5) is 35.6. The van der Waals surface area contributed by atoms with Gasteiger partial charge in [0.2, 0.25) is 5.91 Å². The number of hydrogen-bond acceptors (Lipinski definition) is 7. The Morgan fingerprint density at radius 2 is 1.73 bits per heavy atom. The van der Waals surface area contributed by atoms with E-state index < -0.39 is 11.9 Å². The topological polar surface area (TPSA) is 133 Å². The zero-order valence-corrected chi connectivity index (χ0v) is 22.6. The fourth-order valence-corrected chi connectivity index (χ4v) is 5.79. The first-order valence-corrected chi connectivity index (χ1v) is 13.8. The molecule has 6 rings (SSSR count). The van der Waals surface area contributed by atoms with E-state index in [-0.39, 0.29) is 11.7 Å². The molecule has 11 heteroatoms. The molecule has 1 fully saturated rings. The van der Waals surface area contributed by atoms with Crippen molar-refractivity contribution in [1.29, 1.82) is 0 Å². The Morgan fingerprint density at radius 3 is 2.44 bits per heavy atom. The molecule has 1 aromatic heterocycles. The maximum atomic E-state index is 13.4. The van der Waals surface area contributed by atoms with Crippen LogP contribution in [0.4, 0.5) is 10.1 Å². The Balaban J connectivity index is 0.000000372. The van der Waals surface area contributed by atoms with Gasteiger partial charge >= 0.3 is 11.9 Å². The van der Waals surface area contributed by atoms with Crippen LogP contribution in [0.25, 0.3) is 11.0 Å². The number of carbonyl (C=O) groups is 3. The number of amides is 1. The van der Waals surface area contributed by atoms with E-state index in [4.69, 9.17) is 19.5 Å². The molecule has 0 unspecified atom stereocenters. The molecule has 4 heterocycles. The van der Waals surface area contributed by atoms with Gasteiger partial charge in [0.25, 0.3) is 0 Å². The van der Waals surface area contributed by atoms with Crippen LogP contribution in [-0.2, 0) is 27.2 Å². The monoisotopic (exact) mass is 565 g/mol. The molecule has 1 amide bonds. The first kappa shape index (κ1) is 28.3. The lowest BCUT2D eigenvalue weighted by Gasteiger charge is -2.31. The number of anilines is 1. The van der Waals surface area contributed by atoms with Crippen LogP contribution in [0.3, 0.4) is 0 Å². The van der Waals surface area contributed by atoms with E-state index in [0.717, 1.165) is 80.8 Å². The van der Waals surface area contributed by atoms with Gasteiger partial charge < -0.3 is 29.3 Å². The van der Waals surface area contributed by atoms with E-state index in [1.807, 2.05) is 4.90 Å². The molecule has 10 nitrogen and oxygen atoms in total. The highest BCUT2D eigenvalue weighted by Crippen LogP contribution is 2.39. The third-order valence-electron chi connectivity index (χ3n) is 7.72. The van der Waals surface area contributed by atoms with Gasteiger partial charge in [0.15, 0.2) is 5.58 Å². The summed E-state index contributed by atoms with van der Waals surface area (Å²) in [5.41, 5.74) is 5.15. The van der Waals surface area contributed by atoms with E-state index in [2.05, 4.69) is 22.2 Å². The lowest BCUT2D eigenvalue weighted by Crippen LogP contribution is -2.34. The number of hydrogen-bond donors (Lipinski definition) is 2. The second-order valence-electron chi connectivity index (χ2n) is 10.4. The van der Waals surface area contributed by atoms with Gasteiger partial charge in [0.1, 0.15) is 11.6 Å². The number of halogens is 1. The smallest absolute Gasteiger partial charge is 0.328 e. The minimum absolute atomic E-state index is 0.254. The summed E-state index contributed by atoms with van der Waals surface area (Å²) in [6.07, 6.45) is 6.51. The van der Waals surface area contributed by atoms with Crippen LogP contribution >= 0.6 is 0 Å². The first-order valence-electron chi connectivity index (χ1n) is 13.8. The summed E-state index contributed by atoms with van der Waals surface area (Å²) in [5.74, 6) is -1.25. The van der Waals surface area contributed by atoms with E-state index in [1.165, 1.54) is 23.3 Å². The number of aliphatic carboxylic acids is 2. The van der Waals surface area contributed by atoms with Gasteiger partial charge in [-0.15, -0.1) is 0 Å². The van der Waals surface area contributed by atoms with Crippen molar-refractivity contribution >= 4 is 34.5 Å². The van der Waals surface area contributed by atoms with Gasteiger partial charge in [-0.05, 0) is 80.6 Å². The summed E-state index contributed by atoms with van der Waals surface area (Å²) in [6, 6.07) is 8.92. The van der Waals surface area contributed by atoms with Crippen molar-refractivity contribution in [3.63, 3.8) is 0 Å². The van der Waals surface area contributed by atoms with Crippen LogP contribution in [-0.4, -0.2) is 70.9 Å². The van der Waals surface area contributed by atoms with Gasteiger partial charge in [-0.2, -0.15) is 0 Å². The number of carboxylic acid groups (broad SMARTS) is 2. The fraction of sp³-hybridized carbons (Fsp3) is 0.400. The number of rotatable bonds is 8. The predicted octanol–water partition coefficient (Wildman–Crippen LogP) is 4.16. The molecule has 3 aliphatic rings. The molecule has 1 saturated heterocycles. The van der Waals surface area contributed by atoms with E-state index in [0.29, 0.717) is 36.7 Å². The molecule has 0 radical (unpaired) electrons. The number of likely N-dealkylation sites (tertiary alicyclic amines) is 1. The van der Waals surface area contributed by atoms with Crippen molar-refractivity contribution in [2.75, 3.05) is 37.7 Å². The molecule has 0 aliphatic carbocycles. The number of fused-ring (bicyclic) bond motifs is 1. The minimum atomic E-state index is -1.26. The maximum absolute atomic E-state index is 13.4. The number of benzene rings is 2. The number of aryl methyl sites for hydroxylation is 1. The van der Waals surface area contributed by atoms with Gasteiger partial charge in [0.05, 0.1) is 18.0 Å². The standard InChI is InChI=1S/C26H28FN3O3.C4H4O4/c27-20-3-4-22-23(16-20)33-28-25(22)17-6-10-29(11-7-17)9-1-13-32-21-14-18-2-5-24(31)30-12-8-19(15-21)26(18)30;5-3(6)1-2-4(7)8/h3-4,14-17H,1-2,5-13H2;1-2H,(H,5,6)(H,7,8)/b;2-1+. The van der Waals surface area contributed by atoms with E-state index >= 15 is 0 Å². The predicted molar refractivity (Wildman–Crippen MR) is 148 cm³/mol. The number of carboxylic acids is 2. The van der Waals surface area contributed by atoms with E-state index in [9.17, 15) is 18.8 Å². The molecular weight excluding hydrogens is 533 g/mol. The third-order valence-corrected chi connectivity index (χ3v) is 7.72. The Labute approximate surface area is 236 Å². The number of carbonyl (C=O) groups excluding carboxylic acids is 1. The van der Waals surface area contributed by atoms with Crippen molar-refractivity contribution in [3.05, 3.63) is 65.1 Å². The van der Waals surface area contributed by atoms with Crippen molar-refractivity contribution < 1.29 is 38.2 Å². The van der Waals surface area contributed by atoms with Crippen molar-refractivity contribution in [2.24, 2.45) is 0 Å². The zero-order valence-electron chi connectivity index (χ0n) is 22.6. The highest BCUT2D eigenvalue weighted by Gasteiger charge is 2.31. The average Bonchev–Trinajstić information content (AvgIpc) is 3.58. The van der Waals surface area contributed by atoms with Crippen LogP contribution in [0.2, 0.25) is 0 Å². The Bertz CT molecular complexity index is 1460. The molecule has 3 aliphatic heterocycles. The second kappa shape index (κ2) is 12.5. The normalized spacial score (nSPS) is 17.0. The van der Waals surface area contributed by atoms with Crippen LogP contribution < -0.4 is 9.64 Å². The minimum Gasteiger partial charge on any atom is -0.494 e. The van der Waals surface area contributed by atoms with Crippen molar-refractivity contribution in [2.45, 2.75) is 44.4 Å². The van der Waals surface area contributed by atoms with Crippen LogP contribution in [0, 0.1) is 5.82 Å². The zero-order chi connectivity index (χ0) is 28.9. The van der Waals surface area contributed by atoms with Gasteiger partial charge in [0, 0.05) is 49.0 Å². The molecule has 41 heavy (non-hydrogen) atoms. The first-order chi connectivity index (χ1) is 19.8. The lowest BCUT2D eigenvalue weighted by molar-refractivity contribution is -0.134. The lowest BCUT2D eigenvalue weighted by atomic mass is 9.91. The molecule has 0 atom stereocenters. The van der Waals surface area contributed by atoms with Crippen LogP contribution in [0.15, 0.2) is 47.0 Å². The second-order valence-corrected chi connectivity index (χ2v) is 10.4. The molecular formula is C30H32FN3O7.